The number of nitrogens with zero attached hydrogens (tertiary/aromatic N) is 2. The van der Waals surface area contributed by atoms with E-state index in [0.717, 1.165) is 18.9 Å². The summed E-state index contributed by atoms with van der Waals surface area (Å²) in [5.41, 5.74) is 0.595. The molecule has 118 valence electrons. The zero-order valence-corrected chi connectivity index (χ0v) is 13.8. The number of nitrogens with one attached hydrogen (secondary N) is 2. The first kappa shape index (κ1) is 17.4. The molecule has 0 fully saturated rings. The summed E-state index contributed by atoms with van der Waals surface area (Å²) >= 11 is 0. The molecule has 1 aromatic rings. The first-order valence-corrected chi connectivity index (χ1v) is 7.69. The molecule has 0 aliphatic heterocycles. The zero-order chi connectivity index (χ0) is 15.8. The van der Waals surface area contributed by atoms with Gasteiger partial charge in [-0.3, -0.25) is 9.69 Å². The molecule has 0 unspecified atom stereocenters. The van der Waals surface area contributed by atoms with Crippen molar-refractivity contribution in [3.63, 3.8) is 0 Å². The number of amides is 1. The van der Waals surface area contributed by atoms with Crippen molar-refractivity contribution in [1.82, 2.24) is 15.2 Å². The number of pyridine rings is 1. The van der Waals surface area contributed by atoms with Crippen molar-refractivity contribution in [1.29, 1.82) is 0 Å². The molecule has 1 amide bonds. The van der Waals surface area contributed by atoms with E-state index in [1.807, 2.05) is 13.0 Å². The van der Waals surface area contributed by atoms with Crippen LogP contribution in [-0.4, -0.2) is 47.5 Å². The molecule has 0 radical (unpaired) electrons. The summed E-state index contributed by atoms with van der Waals surface area (Å²) in [6.07, 6.45) is 1.61. The minimum absolute atomic E-state index is 0.0713. The van der Waals surface area contributed by atoms with Gasteiger partial charge in [-0.25, -0.2) is 4.98 Å². The predicted molar refractivity (Wildman–Crippen MR) is 87.7 cm³/mol. The van der Waals surface area contributed by atoms with E-state index in [0.29, 0.717) is 24.2 Å². The second kappa shape index (κ2) is 8.62. The summed E-state index contributed by atoms with van der Waals surface area (Å²) in [4.78, 5) is 18.6. The lowest BCUT2D eigenvalue weighted by atomic mass is 10.2. The number of anilines is 1. The summed E-state index contributed by atoms with van der Waals surface area (Å²) in [6, 6.07) is 4.57. The molecule has 0 saturated carbocycles. The molecule has 5 nitrogen and oxygen atoms in total. The fourth-order valence-electron chi connectivity index (χ4n) is 2.33. The lowest BCUT2D eigenvalue weighted by molar-refractivity contribution is 0.0939. The molecule has 1 rings (SSSR count). The number of hydrogen-bond donors (Lipinski definition) is 2. The van der Waals surface area contributed by atoms with Crippen molar-refractivity contribution in [2.75, 3.05) is 25.0 Å². The Morgan fingerprint density at radius 1 is 1.24 bits per heavy atom. The van der Waals surface area contributed by atoms with E-state index in [-0.39, 0.29) is 5.91 Å². The highest BCUT2D eigenvalue weighted by atomic mass is 16.1. The smallest absolute Gasteiger partial charge is 0.252 e. The van der Waals surface area contributed by atoms with E-state index >= 15 is 0 Å². The van der Waals surface area contributed by atoms with Crippen molar-refractivity contribution >= 4 is 11.7 Å². The van der Waals surface area contributed by atoms with Gasteiger partial charge in [0.2, 0.25) is 0 Å². The monoisotopic (exact) mass is 292 g/mol. The highest BCUT2D eigenvalue weighted by Gasteiger charge is 2.13. The number of hydrogen-bond acceptors (Lipinski definition) is 4. The molecule has 2 N–H and O–H groups in total. The fraction of sp³-hybridized carbons (Fsp3) is 0.625. The summed E-state index contributed by atoms with van der Waals surface area (Å²) in [5, 5.41) is 6.06. The third-order valence-electron chi connectivity index (χ3n) is 3.37. The minimum Gasteiger partial charge on any atom is -0.370 e. The summed E-state index contributed by atoms with van der Waals surface area (Å²) in [7, 11) is 0. The first-order chi connectivity index (χ1) is 9.95. The second-order valence-corrected chi connectivity index (χ2v) is 5.64. The maximum absolute atomic E-state index is 12.0. The van der Waals surface area contributed by atoms with E-state index < -0.39 is 0 Å². The Bertz CT molecular complexity index is 420. The van der Waals surface area contributed by atoms with Crippen LogP contribution in [-0.2, 0) is 0 Å². The van der Waals surface area contributed by atoms with Crippen LogP contribution in [0.4, 0.5) is 5.82 Å². The van der Waals surface area contributed by atoms with Crippen LogP contribution in [0.5, 0.6) is 0 Å². The van der Waals surface area contributed by atoms with Gasteiger partial charge in [0.05, 0.1) is 5.56 Å². The maximum atomic E-state index is 12.0. The van der Waals surface area contributed by atoms with Gasteiger partial charge in [-0.1, -0.05) is 0 Å². The largest absolute Gasteiger partial charge is 0.370 e. The van der Waals surface area contributed by atoms with Crippen LogP contribution in [0, 0.1) is 0 Å². The van der Waals surface area contributed by atoms with Crippen molar-refractivity contribution in [3.8, 4) is 0 Å². The second-order valence-electron chi connectivity index (χ2n) is 5.64. The molecule has 0 bridgehead atoms. The molecular weight excluding hydrogens is 264 g/mol. The highest BCUT2D eigenvalue weighted by Crippen LogP contribution is 2.05. The zero-order valence-electron chi connectivity index (χ0n) is 13.8. The van der Waals surface area contributed by atoms with Gasteiger partial charge in [0.15, 0.2) is 0 Å². The summed E-state index contributed by atoms with van der Waals surface area (Å²) in [5.74, 6) is 0.720. The molecule has 0 aromatic carbocycles. The normalized spacial score (nSPS) is 11.2. The fourth-order valence-corrected chi connectivity index (χ4v) is 2.33. The van der Waals surface area contributed by atoms with Gasteiger partial charge in [-0.2, -0.15) is 0 Å². The Morgan fingerprint density at radius 3 is 2.38 bits per heavy atom. The molecule has 5 heteroatoms. The van der Waals surface area contributed by atoms with Gasteiger partial charge >= 0.3 is 0 Å². The van der Waals surface area contributed by atoms with E-state index in [1.165, 1.54) is 0 Å². The van der Waals surface area contributed by atoms with Crippen LogP contribution in [0.2, 0.25) is 0 Å². The minimum atomic E-state index is -0.0713. The Kier molecular flexibility index (Phi) is 7.15. The Morgan fingerprint density at radius 2 is 1.90 bits per heavy atom. The number of aromatic nitrogens is 1. The topological polar surface area (TPSA) is 57.3 Å². The van der Waals surface area contributed by atoms with Gasteiger partial charge in [0.1, 0.15) is 5.82 Å². The third kappa shape index (κ3) is 5.71. The van der Waals surface area contributed by atoms with Crippen LogP contribution >= 0.6 is 0 Å². The molecule has 0 aliphatic carbocycles. The van der Waals surface area contributed by atoms with Gasteiger partial charge in [-0.15, -0.1) is 0 Å². The average molecular weight is 292 g/mol. The van der Waals surface area contributed by atoms with Crippen LogP contribution < -0.4 is 10.6 Å². The van der Waals surface area contributed by atoms with E-state index in [1.54, 1.807) is 12.3 Å². The summed E-state index contributed by atoms with van der Waals surface area (Å²) in [6.45, 7) is 13.0. The Hall–Kier alpha value is -1.62. The molecular formula is C16H28N4O. The molecule has 1 aromatic heterocycles. The third-order valence-corrected chi connectivity index (χ3v) is 3.37. The van der Waals surface area contributed by atoms with Crippen molar-refractivity contribution < 1.29 is 4.79 Å². The van der Waals surface area contributed by atoms with Crippen molar-refractivity contribution in [2.24, 2.45) is 0 Å². The standard InChI is InChI=1S/C16H28N4O/c1-6-17-15-8-7-14(11-19-15)16(21)18-9-10-20(12(2)3)13(4)5/h7-8,11-13H,6,9-10H2,1-5H3,(H,17,19)(H,18,21). The SMILES string of the molecule is CCNc1ccc(C(=O)NCCN(C(C)C)C(C)C)cn1. The van der Waals surface area contributed by atoms with Gasteiger partial charge in [0, 0.05) is 37.9 Å². The van der Waals surface area contributed by atoms with Gasteiger partial charge in [0.25, 0.3) is 5.91 Å². The van der Waals surface area contributed by atoms with Crippen LogP contribution in [0.1, 0.15) is 45.0 Å². The Labute approximate surface area is 128 Å². The highest BCUT2D eigenvalue weighted by molar-refractivity contribution is 5.94. The van der Waals surface area contributed by atoms with Crippen LogP contribution in [0.15, 0.2) is 18.3 Å². The van der Waals surface area contributed by atoms with Gasteiger partial charge < -0.3 is 10.6 Å². The number of carbonyl (C=O) groups excluding carboxylic acids is 1. The van der Waals surface area contributed by atoms with Crippen molar-refractivity contribution in [3.05, 3.63) is 23.9 Å². The lowest BCUT2D eigenvalue weighted by Crippen LogP contribution is -2.42. The number of rotatable bonds is 8. The van der Waals surface area contributed by atoms with Crippen LogP contribution in [0.3, 0.4) is 0 Å². The summed E-state index contributed by atoms with van der Waals surface area (Å²) < 4.78 is 0. The average Bonchev–Trinajstić information content (AvgIpc) is 2.43. The lowest BCUT2D eigenvalue weighted by Gasteiger charge is -2.30. The molecule has 0 saturated heterocycles. The quantitative estimate of drug-likeness (QED) is 0.772. The predicted octanol–water partition coefficient (Wildman–Crippen LogP) is 2.36. The van der Waals surface area contributed by atoms with E-state index in [2.05, 4.69) is 48.2 Å². The number of carbonyl (C=O) groups is 1. The first-order valence-electron chi connectivity index (χ1n) is 7.69. The van der Waals surface area contributed by atoms with Crippen molar-refractivity contribution in [2.45, 2.75) is 46.7 Å². The molecule has 21 heavy (non-hydrogen) atoms. The van der Waals surface area contributed by atoms with Crippen LogP contribution in [0.25, 0.3) is 0 Å². The molecule has 0 spiro atoms. The van der Waals surface area contributed by atoms with E-state index in [9.17, 15) is 4.79 Å². The molecule has 0 atom stereocenters. The van der Waals surface area contributed by atoms with Gasteiger partial charge in [-0.05, 0) is 46.8 Å². The maximum Gasteiger partial charge on any atom is 0.252 e. The molecule has 1 heterocycles. The molecule has 0 aliphatic rings. The Balaban J connectivity index is 2.46. The van der Waals surface area contributed by atoms with E-state index in [4.69, 9.17) is 0 Å².